The number of hydrazone groups is 2. The van der Waals surface area contributed by atoms with Crippen molar-refractivity contribution < 1.29 is 9.59 Å². The number of carbonyl (C=O) groups excluding carboxylic acids is 2. The molecule has 114 valence electrons. The van der Waals surface area contributed by atoms with Crippen LogP contribution in [0.2, 0.25) is 0 Å². The van der Waals surface area contributed by atoms with Gasteiger partial charge in [0.15, 0.2) is 0 Å². The summed E-state index contributed by atoms with van der Waals surface area (Å²) >= 11 is 0. The molecule has 8 heteroatoms. The smallest absolute Gasteiger partial charge is 0.331 e. The van der Waals surface area contributed by atoms with Crippen LogP contribution in [0.3, 0.4) is 0 Å². The zero-order valence-corrected chi connectivity index (χ0v) is 12.2. The Hall–Kier alpha value is -3.16. The first kappa shape index (κ1) is 15.2. The molecular formula is C14H16N6O2. The second-order valence-electron chi connectivity index (χ2n) is 4.49. The van der Waals surface area contributed by atoms with Crippen molar-refractivity contribution in [1.29, 1.82) is 0 Å². The van der Waals surface area contributed by atoms with Gasteiger partial charge in [-0.05, 0) is 24.3 Å². The van der Waals surface area contributed by atoms with E-state index in [9.17, 15) is 9.59 Å². The van der Waals surface area contributed by atoms with E-state index in [2.05, 4.69) is 21.1 Å². The van der Waals surface area contributed by atoms with E-state index < -0.39 is 11.8 Å². The van der Waals surface area contributed by atoms with Gasteiger partial charge >= 0.3 is 11.8 Å². The molecule has 8 nitrogen and oxygen atoms in total. The number of aromatic nitrogens is 2. The van der Waals surface area contributed by atoms with Crippen LogP contribution in [0.5, 0.6) is 0 Å². The quantitative estimate of drug-likeness (QED) is 0.471. The molecule has 0 aliphatic carbocycles. The Morgan fingerprint density at radius 1 is 0.909 bits per heavy atom. The highest BCUT2D eigenvalue weighted by atomic mass is 16.2. The van der Waals surface area contributed by atoms with Gasteiger partial charge in [0.25, 0.3) is 0 Å². The van der Waals surface area contributed by atoms with Crippen molar-refractivity contribution in [3.63, 3.8) is 0 Å². The summed E-state index contributed by atoms with van der Waals surface area (Å²) in [4.78, 5) is 23.0. The molecular weight excluding hydrogens is 284 g/mol. The van der Waals surface area contributed by atoms with Crippen LogP contribution in [0.15, 0.2) is 46.9 Å². The average Bonchev–Trinajstić information content (AvgIpc) is 3.08. The van der Waals surface area contributed by atoms with Crippen LogP contribution in [-0.4, -0.2) is 33.4 Å². The molecule has 0 aliphatic heterocycles. The number of hydrogen-bond acceptors (Lipinski definition) is 4. The number of hydrogen-bond donors (Lipinski definition) is 2. The molecule has 0 bridgehead atoms. The van der Waals surface area contributed by atoms with Gasteiger partial charge in [0.1, 0.15) is 0 Å². The summed E-state index contributed by atoms with van der Waals surface area (Å²) in [5, 5.41) is 7.41. The lowest BCUT2D eigenvalue weighted by Gasteiger charge is -1.99. The van der Waals surface area contributed by atoms with E-state index in [-0.39, 0.29) is 0 Å². The molecule has 0 aromatic carbocycles. The topological polar surface area (TPSA) is 92.8 Å². The first-order valence-electron chi connectivity index (χ1n) is 6.47. The van der Waals surface area contributed by atoms with E-state index in [1.54, 1.807) is 0 Å². The summed E-state index contributed by atoms with van der Waals surface area (Å²) in [5.41, 5.74) is 5.85. The molecule has 0 saturated heterocycles. The zero-order valence-electron chi connectivity index (χ0n) is 12.2. The van der Waals surface area contributed by atoms with Gasteiger partial charge in [-0.1, -0.05) is 0 Å². The van der Waals surface area contributed by atoms with E-state index in [4.69, 9.17) is 0 Å². The number of aryl methyl sites for hydroxylation is 2. The molecule has 2 amide bonds. The van der Waals surface area contributed by atoms with Crippen LogP contribution in [0, 0.1) is 0 Å². The van der Waals surface area contributed by atoms with E-state index in [1.165, 1.54) is 12.4 Å². The molecule has 0 radical (unpaired) electrons. The number of amides is 2. The van der Waals surface area contributed by atoms with Crippen LogP contribution in [-0.2, 0) is 23.7 Å². The first-order valence-corrected chi connectivity index (χ1v) is 6.47. The number of nitrogens with one attached hydrogen (secondary N) is 2. The molecule has 2 heterocycles. The van der Waals surface area contributed by atoms with Crippen LogP contribution < -0.4 is 10.9 Å². The molecule has 0 saturated carbocycles. The fraction of sp³-hybridized carbons (Fsp3) is 0.143. The third-order valence-corrected chi connectivity index (χ3v) is 2.90. The highest BCUT2D eigenvalue weighted by Gasteiger charge is 2.11. The predicted octanol–water partition coefficient (Wildman–Crippen LogP) is -0.0360. The third kappa shape index (κ3) is 3.92. The third-order valence-electron chi connectivity index (χ3n) is 2.90. The maximum atomic E-state index is 11.5. The lowest BCUT2D eigenvalue weighted by molar-refractivity contribution is -0.139. The molecule has 0 spiro atoms. The van der Waals surface area contributed by atoms with Gasteiger partial charge in [-0.25, -0.2) is 10.9 Å². The second-order valence-corrected chi connectivity index (χ2v) is 4.49. The van der Waals surface area contributed by atoms with E-state index in [0.717, 1.165) is 11.4 Å². The van der Waals surface area contributed by atoms with Crippen molar-refractivity contribution in [2.45, 2.75) is 0 Å². The molecule has 2 aromatic heterocycles. The normalized spacial score (nSPS) is 11.2. The Morgan fingerprint density at radius 3 is 1.64 bits per heavy atom. The van der Waals surface area contributed by atoms with Gasteiger partial charge in [-0.15, -0.1) is 0 Å². The van der Waals surface area contributed by atoms with Crippen molar-refractivity contribution >= 4 is 24.2 Å². The summed E-state index contributed by atoms with van der Waals surface area (Å²) < 4.78 is 3.64. The van der Waals surface area contributed by atoms with Gasteiger partial charge in [-0.2, -0.15) is 10.2 Å². The van der Waals surface area contributed by atoms with E-state index >= 15 is 0 Å². The molecule has 2 N–H and O–H groups in total. The maximum absolute atomic E-state index is 11.5. The SMILES string of the molecule is Cn1cccc1/C=N/NC(=O)C(=O)N/N=C/c1cccn1C. The Labute approximate surface area is 127 Å². The van der Waals surface area contributed by atoms with Crippen LogP contribution in [0.25, 0.3) is 0 Å². The average molecular weight is 300 g/mol. The number of rotatable bonds is 4. The first-order chi connectivity index (χ1) is 10.6. The van der Waals surface area contributed by atoms with E-state index in [0.29, 0.717) is 0 Å². The monoisotopic (exact) mass is 300 g/mol. The summed E-state index contributed by atoms with van der Waals surface area (Å²) in [5.74, 6) is -1.79. The van der Waals surface area contributed by atoms with Crippen molar-refractivity contribution in [3.05, 3.63) is 48.0 Å². The second kappa shape index (κ2) is 7.02. The van der Waals surface area contributed by atoms with Crippen molar-refractivity contribution in [2.24, 2.45) is 24.3 Å². The minimum atomic E-state index is -0.894. The summed E-state index contributed by atoms with van der Waals surface area (Å²) in [6.45, 7) is 0. The Kier molecular flexibility index (Phi) is 4.86. The van der Waals surface area contributed by atoms with Crippen molar-refractivity contribution in [1.82, 2.24) is 20.0 Å². The molecule has 0 unspecified atom stereocenters. The van der Waals surface area contributed by atoms with Crippen LogP contribution >= 0.6 is 0 Å². The van der Waals surface area contributed by atoms with Crippen molar-refractivity contribution in [2.75, 3.05) is 0 Å². The standard InChI is InChI=1S/C14H16N6O2/c1-19-7-3-5-11(19)9-15-17-13(21)14(22)18-16-10-12-6-4-8-20(12)2/h3-10H,1-2H3,(H,17,21)(H,18,22)/b15-9+,16-10+. The molecule has 22 heavy (non-hydrogen) atoms. The lowest BCUT2D eigenvalue weighted by atomic mass is 10.5. The van der Waals surface area contributed by atoms with Gasteiger partial charge in [0, 0.05) is 26.5 Å². The number of nitrogens with zero attached hydrogens (tertiary/aromatic N) is 4. The van der Waals surface area contributed by atoms with E-state index in [1.807, 2.05) is 59.9 Å². The fourth-order valence-electron chi connectivity index (χ4n) is 1.63. The Bertz CT molecular complexity index is 663. The molecule has 0 aliphatic rings. The van der Waals surface area contributed by atoms with Gasteiger partial charge in [0.2, 0.25) is 0 Å². The highest BCUT2D eigenvalue weighted by molar-refractivity contribution is 6.35. The van der Waals surface area contributed by atoms with Gasteiger partial charge < -0.3 is 9.13 Å². The van der Waals surface area contributed by atoms with Gasteiger partial charge in [-0.3, -0.25) is 9.59 Å². The molecule has 0 fully saturated rings. The minimum absolute atomic E-state index is 0.794. The lowest BCUT2D eigenvalue weighted by Crippen LogP contribution is -2.35. The molecule has 0 atom stereocenters. The minimum Gasteiger partial charge on any atom is -0.350 e. The fourth-order valence-corrected chi connectivity index (χ4v) is 1.63. The summed E-state index contributed by atoms with van der Waals surface area (Å²) in [6, 6.07) is 7.32. The Morgan fingerprint density at radius 2 is 1.32 bits per heavy atom. The summed E-state index contributed by atoms with van der Waals surface area (Å²) in [6.07, 6.45) is 6.57. The van der Waals surface area contributed by atoms with Crippen LogP contribution in [0.4, 0.5) is 0 Å². The largest absolute Gasteiger partial charge is 0.350 e. The van der Waals surface area contributed by atoms with Crippen molar-refractivity contribution in [3.8, 4) is 0 Å². The Balaban J connectivity index is 1.81. The summed E-state index contributed by atoms with van der Waals surface area (Å²) in [7, 11) is 3.68. The molecule has 2 aromatic rings. The highest BCUT2D eigenvalue weighted by Crippen LogP contribution is 1.95. The zero-order chi connectivity index (χ0) is 15.9. The van der Waals surface area contributed by atoms with Crippen LogP contribution in [0.1, 0.15) is 11.4 Å². The predicted molar refractivity (Wildman–Crippen MR) is 82.3 cm³/mol. The number of carbonyl (C=O) groups is 2. The molecule has 2 rings (SSSR count). The van der Waals surface area contributed by atoms with Gasteiger partial charge in [0.05, 0.1) is 23.8 Å². The maximum Gasteiger partial charge on any atom is 0.331 e.